The number of nitrogens with zero attached hydrogens (tertiary/aromatic N) is 1. The number of carbonyl (C=O) groups is 2. The van der Waals surface area contributed by atoms with E-state index in [2.05, 4.69) is 0 Å². The molecule has 0 aromatic heterocycles. The van der Waals surface area contributed by atoms with Gasteiger partial charge in [-0.05, 0) is 39.2 Å². The van der Waals surface area contributed by atoms with Gasteiger partial charge < -0.3 is 9.64 Å². The molecule has 0 N–H and O–H groups in total. The second-order valence-corrected chi connectivity index (χ2v) is 7.60. The monoisotopic (exact) mass is 337 g/mol. The molecule has 0 saturated carbocycles. The van der Waals surface area contributed by atoms with Gasteiger partial charge in [0.05, 0.1) is 6.54 Å². The van der Waals surface area contributed by atoms with E-state index in [0.717, 1.165) is 4.90 Å². The van der Waals surface area contributed by atoms with Crippen molar-refractivity contribution in [2.75, 3.05) is 13.1 Å². The Balaban J connectivity index is 1.84. The van der Waals surface area contributed by atoms with Crippen LogP contribution in [0.2, 0.25) is 0 Å². The quantitative estimate of drug-likeness (QED) is 0.725. The Morgan fingerprint density at radius 1 is 1.25 bits per heavy atom. The van der Waals surface area contributed by atoms with Gasteiger partial charge in [0.25, 0.3) is 5.92 Å². The molecule has 1 saturated heterocycles. The Bertz CT molecular complexity index is 696. The van der Waals surface area contributed by atoms with E-state index in [1.165, 1.54) is 0 Å². The molecule has 1 amide bonds. The normalized spacial score (nSPS) is 25.7. The number of amides is 1. The van der Waals surface area contributed by atoms with Crippen molar-refractivity contribution in [2.45, 2.75) is 45.1 Å². The minimum atomic E-state index is -3.29. The summed E-state index contributed by atoms with van der Waals surface area (Å²) in [6.45, 7) is 4.36. The third-order valence-electron chi connectivity index (χ3n) is 4.74. The summed E-state index contributed by atoms with van der Waals surface area (Å²) in [6.07, 6.45) is -0.802. The van der Waals surface area contributed by atoms with Crippen molar-refractivity contribution < 1.29 is 23.1 Å². The zero-order valence-electron chi connectivity index (χ0n) is 14.1. The average Bonchev–Trinajstić information content (AvgIpc) is 2.75. The summed E-state index contributed by atoms with van der Waals surface area (Å²) < 4.78 is 35.1. The van der Waals surface area contributed by atoms with E-state index in [4.69, 9.17) is 4.74 Å². The summed E-state index contributed by atoms with van der Waals surface area (Å²) in [7, 11) is 0. The fourth-order valence-electron chi connectivity index (χ4n) is 3.52. The molecule has 2 aliphatic rings. The number of ketones is 1. The van der Waals surface area contributed by atoms with Gasteiger partial charge in [0, 0.05) is 12.1 Å². The number of rotatable bonds is 0. The zero-order chi connectivity index (χ0) is 17.8. The lowest BCUT2D eigenvalue weighted by molar-refractivity contribution is -0.142. The molecule has 0 radical (unpaired) electrons. The van der Waals surface area contributed by atoms with E-state index in [-0.39, 0.29) is 19.4 Å². The molecule has 1 aliphatic carbocycles. The highest BCUT2D eigenvalue weighted by molar-refractivity contribution is 6.05. The van der Waals surface area contributed by atoms with E-state index < -0.39 is 35.4 Å². The van der Waals surface area contributed by atoms with Gasteiger partial charge in [-0.15, -0.1) is 0 Å². The molecule has 1 fully saturated rings. The standard InChI is InChI=1S/C18H21F2NO3/c1-16(2,3)24-15(23)21-9-8-17(18(19,20)11-21)10-12-6-4-5-7-13(12)14(17)22/h4-7H,8-11H2,1-3H3. The van der Waals surface area contributed by atoms with E-state index in [1.54, 1.807) is 45.0 Å². The zero-order valence-corrected chi connectivity index (χ0v) is 14.1. The van der Waals surface area contributed by atoms with E-state index in [9.17, 15) is 18.4 Å². The summed E-state index contributed by atoms with van der Waals surface area (Å²) in [5, 5.41) is 0. The fraction of sp³-hybridized carbons (Fsp3) is 0.556. The molecule has 1 aliphatic heterocycles. The first-order valence-corrected chi connectivity index (χ1v) is 8.04. The minimum Gasteiger partial charge on any atom is -0.444 e. The number of piperidine rings is 1. The van der Waals surface area contributed by atoms with Crippen LogP contribution in [-0.4, -0.2) is 41.4 Å². The molecule has 3 rings (SSSR count). The first kappa shape index (κ1) is 16.9. The van der Waals surface area contributed by atoms with Gasteiger partial charge in [-0.3, -0.25) is 4.79 Å². The first-order chi connectivity index (χ1) is 11.1. The SMILES string of the molecule is CC(C)(C)OC(=O)N1CCC2(Cc3ccccc3C2=O)C(F)(F)C1. The molecule has 1 heterocycles. The maximum atomic E-state index is 15.0. The van der Waals surface area contributed by atoms with Crippen LogP contribution in [-0.2, 0) is 11.2 Å². The molecule has 130 valence electrons. The van der Waals surface area contributed by atoms with Gasteiger partial charge >= 0.3 is 6.09 Å². The Labute approximate surface area is 139 Å². The van der Waals surface area contributed by atoms with Crippen LogP contribution in [0.4, 0.5) is 13.6 Å². The van der Waals surface area contributed by atoms with E-state index in [0.29, 0.717) is 11.1 Å². The van der Waals surface area contributed by atoms with Crippen molar-refractivity contribution in [3.8, 4) is 0 Å². The molecule has 1 atom stereocenters. The van der Waals surface area contributed by atoms with Gasteiger partial charge in [-0.25, -0.2) is 13.6 Å². The van der Waals surface area contributed by atoms with Crippen LogP contribution >= 0.6 is 0 Å². The van der Waals surface area contributed by atoms with Gasteiger partial charge in [0.1, 0.15) is 11.0 Å². The summed E-state index contributed by atoms with van der Waals surface area (Å²) in [5.74, 6) is -3.80. The summed E-state index contributed by atoms with van der Waals surface area (Å²) in [4.78, 5) is 25.8. The van der Waals surface area contributed by atoms with Crippen LogP contribution in [0, 0.1) is 5.41 Å². The van der Waals surface area contributed by atoms with Crippen LogP contribution in [0.3, 0.4) is 0 Å². The van der Waals surface area contributed by atoms with Crippen molar-refractivity contribution in [1.29, 1.82) is 0 Å². The summed E-state index contributed by atoms with van der Waals surface area (Å²) in [5.41, 5.74) is -1.45. The molecule has 1 unspecified atom stereocenters. The van der Waals surface area contributed by atoms with Crippen molar-refractivity contribution in [3.05, 3.63) is 35.4 Å². The lowest BCUT2D eigenvalue weighted by atomic mass is 9.72. The van der Waals surface area contributed by atoms with Crippen molar-refractivity contribution in [3.63, 3.8) is 0 Å². The van der Waals surface area contributed by atoms with Crippen molar-refractivity contribution in [2.24, 2.45) is 5.41 Å². The Morgan fingerprint density at radius 3 is 2.50 bits per heavy atom. The summed E-state index contributed by atoms with van der Waals surface area (Å²) >= 11 is 0. The highest BCUT2D eigenvalue weighted by atomic mass is 19.3. The fourth-order valence-corrected chi connectivity index (χ4v) is 3.52. The smallest absolute Gasteiger partial charge is 0.410 e. The minimum absolute atomic E-state index is 0.0250. The third-order valence-corrected chi connectivity index (χ3v) is 4.74. The lowest BCUT2D eigenvalue weighted by Gasteiger charge is -2.44. The van der Waals surface area contributed by atoms with Gasteiger partial charge in [-0.1, -0.05) is 24.3 Å². The third kappa shape index (κ3) is 2.58. The van der Waals surface area contributed by atoms with Crippen LogP contribution in [0.15, 0.2) is 24.3 Å². The van der Waals surface area contributed by atoms with Crippen LogP contribution in [0.5, 0.6) is 0 Å². The number of carbonyl (C=O) groups excluding carboxylic acids is 2. The Morgan fingerprint density at radius 2 is 1.92 bits per heavy atom. The Hall–Kier alpha value is -1.98. The Kier molecular flexibility index (Phi) is 3.70. The highest BCUT2D eigenvalue weighted by Crippen LogP contribution is 2.52. The van der Waals surface area contributed by atoms with Gasteiger partial charge in [-0.2, -0.15) is 0 Å². The van der Waals surface area contributed by atoms with Crippen molar-refractivity contribution >= 4 is 11.9 Å². The molecule has 4 nitrogen and oxygen atoms in total. The van der Waals surface area contributed by atoms with Crippen LogP contribution in [0.1, 0.15) is 43.1 Å². The predicted molar refractivity (Wildman–Crippen MR) is 84.3 cm³/mol. The second-order valence-electron chi connectivity index (χ2n) is 7.60. The molecule has 1 spiro atoms. The number of fused-ring (bicyclic) bond motifs is 1. The van der Waals surface area contributed by atoms with Crippen LogP contribution in [0.25, 0.3) is 0 Å². The highest BCUT2D eigenvalue weighted by Gasteiger charge is 2.64. The lowest BCUT2D eigenvalue weighted by Crippen LogP contribution is -2.60. The number of hydrogen-bond donors (Lipinski definition) is 0. The van der Waals surface area contributed by atoms with Crippen LogP contribution < -0.4 is 0 Å². The van der Waals surface area contributed by atoms with Gasteiger partial charge in [0.15, 0.2) is 5.78 Å². The molecule has 6 heteroatoms. The topological polar surface area (TPSA) is 46.6 Å². The van der Waals surface area contributed by atoms with E-state index >= 15 is 0 Å². The number of benzene rings is 1. The first-order valence-electron chi connectivity index (χ1n) is 8.04. The maximum Gasteiger partial charge on any atom is 0.410 e. The number of Topliss-reactive ketones (excluding diaryl/α,β-unsaturated/α-hetero) is 1. The number of ether oxygens (including phenoxy) is 1. The number of halogens is 2. The second kappa shape index (κ2) is 5.26. The molecular weight excluding hydrogens is 316 g/mol. The van der Waals surface area contributed by atoms with E-state index in [1.807, 2.05) is 0 Å². The molecule has 0 bridgehead atoms. The number of alkyl halides is 2. The van der Waals surface area contributed by atoms with Gasteiger partial charge in [0.2, 0.25) is 0 Å². The molecule has 1 aromatic carbocycles. The maximum absolute atomic E-state index is 15.0. The molecule has 24 heavy (non-hydrogen) atoms. The largest absolute Gasteiger partial charge is 0.444 e. The molecule has 1 aromatic rings. The van der Waals surface area contributed by atoms with Crippen molar-refractivity contribution in [1.82, 2.24) is 4.90 Å². The summed E-state index contributed by atoms with van der Waals surface area (Å²) in [6, 6.07) is 6.75. The number of hydrogen-bond acceptors (Lipinski definition) is 3. The number of likely N-dealkylation sites (tertiary alicyclic amines) is 1. The molecular formula is C18H21F2NO3. The average molecular weight is 337 g/mol. The predicted octanol–water partition coefficient (Wildman–Crippen LogP) is 3.69.